The van der Waals surface area contributed by atoms with Crippen molar-refractivity contribution in [2.24, 2.45) is 4.99 Å². The molecule has 0 atom stereocenters. The van der Waals surface area contributed by atoms with Gasteiger partial charge in [0.1, 0.15) is 0 Å². The summed E-state index contributed by atoms with van der Waals surface area (Å²) in [6.45, 7) is 1.98. The SMILES string of the molecule is Cc1ccc(N/C([O-])=N/c2c[n+](-c3ccccc3)no2)cc1. The van der Waals surface area contributed by atoms with E-state index in [1.165, 1.54) is 4.68 Å². The van der Waals surface area contributed by atoms with Crippen molar-refractivity contribution >= 4 is 17.6 Å². The fourth-order valence-corrected chi connectivity index (χ4v) is 1.88. The van der Waals surface area contributed by atoms with Crippen LogP contribution in [0.4, 0.5) is 11.6 Å². The highest BCUT2D eigenvalue weighted by Crippen LogP contribution is 2.11. The van der Waals surface area contributed by atoms with E-state index in [9.17, 15) is 5.11 Å². The van der Waals surface area contributed by atoms with E-state index >= 15 is 0 Å². The van der Waals surface area contributed by atoms with E-state index in [2.05, 4.69) is 15.6 Å². The van der Waals surface area contributed by atoms with Crippen molar-refractivity contribution < 1.29 is 14.3 Å². The molecule has 110 valence electrons. The summed E-state index contributed by atoms with van der Waals surface area (Å²) in [4.78, 5) is 3.82. The van der Waals surface area contributed by atoms with Gasteiger partial charge in [0.05, 0.1) is 6.02 Å². The Bertz CT molecular complexity index is 779. The van der Waals surface area contributed by atoms with Gasteiger partial charge in [0, 0.05) is 17.8 Å². The zero-order valence-electron chi connectivity index (χ0n) is 11.9. The number of para-hydroxylation sites is 1. The molecule has 3 rings (SSSR count). The van der Waals surface area contributed by atoms with Crippen LogP contribution >= 0.6 is 0 Å². The van der Waals surface area contributed by atoms with Crippen LogP contribution in [0, 0.1) is 6.92 Å². The van der Waals surface area contributed by atoms with Gasteiger partial charge in [-0.25, -0.2) is 4.99 Å². The van der Waals surface area contributed by atoms with Crippen molar-refractivity contribution in [2.45, 2.75) is 6.92 Å². The summed E-state index contributed by atoms with van der Waals surface area (Å²) in [6, 6.07) is 16.4. The molecule has 0 radical (unpaired) electrons. The van der Waals surface area contributed by atoms with Crippen LogP contribution in [0.2, 0.25) is 0 Å². The molecule has 0 unspecified atom stereocenters. The molecule has 1 heterocycles. The molecule has 0 aliphatic carbocycles. The number of aryl methyl sites for hydroxylation is 1. The van der Waals surface area contributed by atoms with E-state index in [0.717, 1.165) is 11.3 Å². The second-order valence-corrected chi connectivity index (χ2v) is 4.73. The van der Waals surface area contributed by atoms with Crippen LogP contribution in [-0.4, -0.2) is 11.3 Å². The van der Waals surface area contributed by atoms with Gasteiger partial charge in [0.15, 0.2) is 0 Å². The largest absolute Gasteiger partial charge is 0.846 e. The van der Waals surface area contributed by atoms with Gasteiger partial charge in [-0.1, -0.05) is 35.9 Å². The third kappa shape index (κ3) is 3.29. The normalized spacial score (nSPS) is 11.4. The zero-order chi connectivity index (χ0) is 15.4. The van der Waals surface area contributed by atoms with Crippen molar-refractivity contribution in [3.8, 4) is 5.69 Å². The molecule has 1 N–H and O–H groups in total. The number of nitrogens with zero attached hydrogens (tertiary/aromatic N) is 3. The lowest BCUT2D eigenvalue weighted by molar-refractivity contribution is -0.670. The summed E-state index contributed by atoms with van der Waals surface area (Å²) in [5, 5.41) is 18.3. The Morgan fingerprint density at radius 3 is 2.59 bits per heavy atom. The number of benzene rings is 2. The molecule has 0 fully saturated rings. The van der Waals surface area contributed by atoms with Crippen LogP contribution in [0.1, 0.15) is 5.56 Å². The number of amidine groups is 1. The van der Waals surface area contributed by atoms with Gasteiger partial charge >= 0.3 is 5.88 Å². The van der Waals surface area contributed by atoms with Crippen molar-refractivity contribution in [3.63, 3.8) is 0 Å². The van der Waals surface area contributed by atoms with Gasteiger partial charge in [-0.2, -0.15) is 0 Å². The van der Waals surface area contributed by atoms with E-state index in [1.54, 1.807) is 6.20 Å². The predicted octanol–water partition coefficient (Wildman–Crippen LogP) is 1.72. The molecule has 1 aromatic heterocycles. The number of aromatic nitrogens is 2. The second-order valence-electron chi connectivity index (χ2n) is 4.73. The summed E-state index contributed by atoms with van der Waals surface area (Å²) >= 11 is 0. The molecule has 0 aliphatic rings. The minimum absolute atomic E-state index is 0.133. The molecule has 0 saturated heterocycles. The molecule has 0 bridgehead atoms. The van der Waals surface area contributed by atoms with E-state index in [-0.39, 0.29) is 5.88 Å². The number of hydrogen-bond acceptors (Lipinski definition) is 4. The third-order valence-electron chi connectivity index (χ3n) is 2.99. The first-order valence-corrected chi connectivity index (χ1v) is 6.74. The van der Waals surface area contributed by atoms with Crippen molar-refractivity contribution in [1.82, 2.24) is 5.27 Å². The summed E-state index contributed by atoms with van der Waals surface area (Å²) in [7, 11) is 0. The maximum Gasteiger partial charge on any atom is 0.322 e. The molecular weight excluding hydrogens is 280 g/mol. The minimum atomic E-state index is -0.514. The molecule has 6 heteroatoms. The van der Waals surface area contributed by atoms with Crippen molar-refractivity contribution in [1.29, 1.82) is 0 Å². The second kappa shape index (κ2) is 6.09. The van der Waals surface area contributed by atoms with Gasteiger partial charge in [-0.05, 0) is 23.7 Å². The van der Waals surface area contributed by atoms with Gasteiger partial charge in [0.25, 0.3) is 6.20 Å². The van der Waals surface area contributed by atoms with Gasteiger partial charge in [-0.15, -0.1) is 0 Å². The summed E-state index contributed by atoms with van der Waals surface area (Å²) in [5.41, 5.74) is 2.62. The number of hydrogen-bond donors (Lipinski definition) is 1. The van der Waals surface area contributed by atoms with Gasteiger partial charge < -0.3 is 10.4 Å². The smallest absolute Gasteiger partial charge is 0.322 e. The molecule has 22 heavy (non-hydrogen) atoms. The molecule has 0 aliphatic heterocycles. The lowest BCUT2D eigenvalue weighted by Crippen LogP contribution is -2.31. The van der Waals surface area contributed by atoms with Crippen molar-refractivity contribution in [3.05, 3.63) is 66.4 Å². The lowest BCUT2D eigenvalue weighted by atomic mass is 10.2. The molecule has 6 nitrogen and oxygen atoms in total. The quantitative estimate of drug-likeness (QED) is 0.453. The number of aliphatic imine (C=N–C) groups is 1. The standard InChI is InChI=1S/C16H14N4O2/c1-12-7-9-13(10-8-12)17-16(21)18-15-11-20(19-22-15)14-5-3-2-4-6-14/h2-11H,1H3,(H-,17,18,19,21). The van der Waals surface area contributed by atoms with E-state index in [0.29, 0.717) is 5.69 Å². The number of nitrogens with one attached hydrogen (secondary N) is 1. The Morgan fingerprint density at radius 2 is 1.86 bits per heavy atom. The summed E-state index contributed by atoms with van der Waals surface area (Å²) in [5.74, 6) is 0.133. The van der Waals surface area contributed by atoms with Gasteiger partial charge in [-0.3, -0.25) is 4.52 Å². The Labute approximate surface area is 127 Å². The first-order valence-electron chi connectivity index (χ1n) is 6.74. The average Bonchev–Trinajstić information content (AvgIpc) is 2.99. The Balaban J connectivity index is 1.74. The van der Waals surface area contributed by atoms with Crippen LogP contribution in [0.3, 0.4) is 0 Å². The molecule has 3 aromatic rings. The predicted molar refractivity (Wildman–Crippen MR) is 79.9 cm³/mol. The highest BCUT2D eigenvalue weighted by Gasteiger charge is 2.13. The van der Waals surface area contributed by atoms with Crippen molar-refractivity contribution in [2.75, 3.05) is 5.32 Å². The van der Waals surface area contributed by atoms with Gasteiger partial charge in [0.2, 0.25) is 11.0 Å². The van der Waals surface area contributed by atoms with Crippen LogP contribution in [-0.2, 0) is 0 Å². The number of anilines is 1. The fourth-order valence-electron chi connectivity index (χ4n) is 1.88. The molecule has 2 aromatic carbocycles. The summed E-state index contributed by atoms with van der Waals surface area (Å²) < 4.78 is 6.54. The number of rotatable bonds is 3. The topological polar surface area (TPSA) is 77.4 Å². The van der Waals surface area contributed by atoms with E-state index in [1.807, 2.05) is 61.5 Å². The third-order valence-corrected chi connectivity index (χ3v) is 2.99. The summed E-state index contributed by atoms with van der Waals surface area (Å²) in [6.07, 6.45) is 1.55. The zero-order valence-corrected chi connectivity index (χ0v) is 11.9. The maximum absolute atomic E-state index is 11.8. The fraction of sp³-hybridized carbons (Fsp3) is 0.0625. The van der Waals surface area contributed by atoms with Crippen LogP contribution in [0.25, 0.3) is 5.69 Å². The monoisotopic (exact) mass is 294 g/mol. The highest BCUT2D eigenvalue weighted by atomic mass is 16.5. The van der Waals surface area contributed by atoms with Crippen LogP contribution in [0.5, 0.6) is 0 Å². The average molecular weight is 294 g/mol. The molecule has 0 saturated carbocycles. The minimum Gasteiger partial charge on any atom is -0.846 e. The molecule has 0 spiro atoms. The molecular formula is C16H14N4O2. The van der Waals surface area contributed by atoms with Crippen LogP contribution in [0.15, 0.2) is 70.3 Å². The molecule has 0 amide bonds. The van der Waals surface area contributed by atoms with E-state index in [4.69, 9.17) is 4.52 Å². The first-order chi connectivity index (χ1) is 10.7. The maximum atomic E-state index is 11.8. The van der Waals surface area contributed by atoms with E-state index < -0.39 is 6.02 Å². The lowest BCUT2D eigenvalue weighted by Gasteiger charge is -2.12. The Hall–Kier alpha value is -3.15. The Morgan fingerprint density at radius 1 is 1.14 bits per heavy atom. The highest BCUT2D eigenvalue weighted by molar-refractivity contribution is 5.86. The first kappa shape index (κ1) is 13.8. The van der Waals surface area contributed by atoms with Crippen LogP contribution < -0.4 is 15.1 Å². The Kier molecular flexibility index (Phi) is 3.82.